The molecule has 2 aromatic carbocycles. The normalized spacial score (nSPS) is 10.4. The van der Waals surface area contributed by atoms with Crippen LogP contribution in [0.1, 0.15) is 27.4 Å². The standard InChI is InChI=1S/C22H21NO4/c1-16-8-11-20(27-16)14-23(2)21(24)15-26-19-12-9-18(10-13-19)22(25)17-6-4-3-5-7-17/h3-13H,14-15H2,1-2H3. The Hall–Kier alpha value is -3.34. The van der Waals surface area contributed by atoms with Gasteiger partial charge in [-0.25, -0.2) is 0 Å². The zero-order valence-electron chi connectivity index (χ0n) is 15.3. The number of carbonyl (C=O) groups excluding carboxylic acids is 2. The number of ketones is 1. The molecule has 0 saturated heterocycles. The molecule has 138 valence electrons. The van der Waals surface area contributed by atoms with Crippen LogP contribution in [0.4, 0.5) is 0 Å². The number of aryl methyl sites for hydroxylation is 1. The lowest BCUT2D eigenvalue weighted by Gasteiger charge is -2.16. The van der Waals surface area contributed by atoms with Crippen LogP contribution in [0.3, 0.4) is 0 Å². The minimum absolute atomic E-state index is 0.0494. The van der Waals surface area contributed by atoms with Crippen LogP contribution >= 0.6 is 0 Å². The molecule has 5 nitrogen and oxygen atoms in total. The number of ether oxygens (including phenoxy) is 1. The van der Waals surface area contributed by atoms with E-state index < -0.39 is 0 Å². The summed E-state index contributed by atoms with van der Waals surface area (Å²) >= 11 is 0. The number of benzene rings is 2. The SMILES string of the molecule is Cc1ccc(CN(C)C(=O)COc2ccc(C(=O)c3ccccc3)cc2)o1. The molecule has 27 heavy (non-hydrogen) atoms. The van der Waals surface area contributed by atoms with Crippen LogP contribution in [-0.4, -0.2) is 30.2 Å². The van der Waals surface area contributed by atoms with Gasteiger partial charge in [0.2, 0.25) is 0 Å². The summed E-state index contributed by atoms with van der Waals surface area (Å²) < 4.78 is 11.0. The minimum Gasteiger partial charge on any atom is -0.484 e. The molecule has 0 aliphatic carbocycles. The van der Waals surface area contributed by atoms with Gasteiger partial charge in [0.25, 0.3) is 5.91 Å². The van der Waals surface area contributed by atoms with E-state index in [2.05, 4.69) is 0 Å². The van der Waals surface area contributed by atoms with E-state index in [1.165, 1.54) is 0 Å². The van der Waals surface area contributed by atoms with Crippen LogP contribution < -0.4 is 4.74 Å². The van der Waals surface area contributed by atoms with Gasteiger partial charge in [0, 0.05) is 18.2 Å². The minimum atomic E-state index is -0.159. The van der Waals surface area contributed by atoms with Crippen molar-refractivity contribution in [1.29, 1.82) is 0 Å². The van der Waals surface area contributed by atoms with E-state index in [-0.39, 0.29) is 18.3 Å². The van der Waals surface area contributed by atoms with Crippen LogP contribution in [0.25, 0.3) is 0 Å². The lowest BCUT2D eigenvalue weighted by molar-refractivity contribution is -0.132. The van der Waals surface area contributed by atoms with Gasteiger partial charge in [-0.05, 0) is 43.3 Å². The lowest BCUT2D eigenvalue weighted by Crippen LogP contribution is -2.30. The molecule has 0 unspecified atom stereocenters. The monoisotopic (exact) mass is 363 g/mol. The number of hydrogen-bond acceptors (Lipinski definition) is 4. The van der Waals surface area contributed by atoms with Crippen molar-refractivity contribution in [3.63, 3.8) is 0 Å². The highest BCUT2D eigenvalue weighted by Crippen LogP contribution is 2.16. The van der Waals surface area contributed by atoms with Crippen LogP contribution in [0.2, 0.25) is 0 Å². The number of likely N-dealkylation sites (N-methyl/N-ethyl adjacent to an activating group) is 1. The Labute approximate surface area is 158 Å². The number of hydrogen-bond donors (Lipinski definition) is 0. The Kier molecular flexibility index (Phi) is 5.71. The highest BCUT2D eigenvalue weighted by atomic mass is 16.5. The fourth-order valence-corrected chi connectivity index (χ4v) is 2.61. The molecule has 3 rings (SSSR count). The van der Waals surface area contributed by atoms with Crippen molar-refractivity contribution in [2.24, 2.45) is 0 Å². The zero-order chi connectivity index (χ0) is 19.2. The molecule has 0 atom stereocenters. The van der Waals surface area contributed by atoms with E-state index in [0.29, 0.717) is 23.4 Å². The summed E-state index contributed by atoms with van der Waals surface area (Å²) in [5.41, 5.74) is 1.21. The first-order chi connectivity index (χ1) is 13.0. The fraction of sp³-hybridized carbons (Fsp3) is 0.182. The van der Waals surface area contributed by atoms with Gasteiger partial charge in [-0.15, -0.1) is 0 Å². The third kappa shape index (κ3) is 4.85. The maximum Gasteiger partial charge on any atom is 0.260 e. The largest absolute Gasteiger partial charge is 0.484 e. The molecule has 0 radical (unpaired) electrons. The summed E-state index contributed by atoms with van der Waals surface area (Å²) in [7, 11) is 1.70. The molecule has 0 saturated carbocycles. The number of amides is 1. The summed E-state index contributed by atoms with van der Waals surface area (Å²) in [5, 5.41) is 0. The molecule has 0 fully saturated rings. The van der Waals surface area contributed by atoms with Gasteiger partial charge in [0.15, 0.2) is 12.4 Å². The maximum atomic E-state index is 12.4. The molecule has 5 heteroatoms. The van der Waals surface area contributed by atoms with Gasteiger partial charge < -0.3 is 14.1 Å². The highest BCUT2D eigenvalue weighted by Gasteiger charge is 2.13. The summed E-state index contributed by atoms with van der Waals surface area (Å²) in [6.45, 7) is 2.17. The van der Waals surface area contributed by atoms with Crippen molar-refractivity contribution in [3.8, 4) is 5.75 Å². The van der Waals surface area contributed by atoms with E-state index in [9.17, 15) is 9.59 Å². The molecule has 0 spiro atoms. The van der Waals surface area contributed by atoms with Crippen molar-refractivity contribution in [3.05, 3.63) is 89.4 Å². The quantitative estimate of drug-likeness (QED) is 0.598. The van der Waals surface area contributed by atoms with Crippen LogP contribution in [0.15, 0.2) is 71.1 Å². The van der Waals surface area contributed by atoms with Crippen molar-refractivity contribution >= 4 is 11.7 Å². The number of furan rings is 1. The predicted octanol–water partition coefficient (Wildman–Crippen LogP) is 3.86. The number of nitrogens with zero attached hydrogens (tertiary/aromatic N) is 1. The second-order valence-electron chi connectivity index (χ2n) is 6.27. The molecule has 1 heterocycles. The van der Waals surface area contributed by atoms with Gasteiger partial charge in [-0.2, -0.15) is 0 Å². The van der Waals surface area contributed by atoms with Crippen molar-refractivity contribution in [2.45, 2.75) is 13.5 Å². The predicted molar refractivity (Wildman–Crippen MR) is 102 cm³/mol. The van der Waals surface area contributed by atoms with Gasteiger partial charge in [-0.1, -0.05) is 30.3 Å². The third-order valence-corrected chi connectivity index (χ3v) is 4.13. The molecule has 0 N–H and O–H groups in total. The Morgan fingerprint density at radius 2 is 1.59 bits per heavy atom. The molecule has 3 aromatic rings. The second kappa shape index (κ2) is 8.36. The first kappa shape index (κ1) is 18.5. The van der Waals surface area contributed by atoms with Gasteiger partial charge in [-0.3, -0.25) is 9.59 Å². The molecular formula is C22H21NO4. The van der Waals surface area contributed by atoms with Crippen LogP contribution in [0.5, 0.6) is 5.75 Å². The van der Waals surface area contributed by atoms with E-state index in [4.69, 9.17) is 9.15 Å². The molecule has 1 aromatic heterocycles. The third-order valence-electron chi connectivity index (χ3n) is 4.13. The van der Waals surface area contributed by atoms with Crippen molar-refractivity contribution < 1.29 is 18.7 Å². The van der Waals surface area contributed by atoms with E-state index >= 15 is 0 Å². The smallest absolute Gasteiger partial charge is 0.260 e. The highest BCUT2D eigenvalue weighted by molar-refractivity contribution is 6.08. The Bertz CT molecular complexity index is 913. The van der Waals surface area contributed by atoms with Crippen LogP contribution in [-0.2, 0) is 11.3 Å². The first-order valence-corrected chi connectivity index (χ1v) is 8.65. The van der Waals surface area contributed by atoms with E-state index in [1.54, 1.807) is 48.3 Å². The molecule has 0 aliphatic rings. The van der Waals surface area contributed by atoms with Gasteiger partial charge >= 0.3 is 0 Å². The summed E-state index contributed by atoms with van der Waals surface area (Å²) in [6.07, 6.45) is 0. The fourth-order valence-electron chi connectivity index (χ4n) is 2.61. The summed E-state index contributed by atoms with van der Waals surface area (Å²) in [5.74, 6) is 1.87. The summed E-state index contributed by atoms with van der Waals surface area (Å²) in [6, 6.07) is 19.6. The van der Waals surface area contributed by atoms with Crippen molar-refractivity contribution in [2.75, 3.05) is 13.7 Å². The van der Waals surface area contributed by atoms with Crippen molar-refractivity contribution in [1.82, 2.24) is 4.90 Å². The Balaban J connectivity index is 1.53. The molecule has 0 bridgehead atoms. The second-order valence-corrected chi connectivity index (χ2v) is 6.27. The van der Waals surface area contributed by atoms with E-state index in [0.717, 1.165) is 11.5 Å². The average molecular weight is 363 g/mol. The maximum absolute atomic E-state index is 12.4. The Morgan fingerprint density at radius 1 is 0.926 bits per heavy atom. The number of carbonyl (C=O) groups is 2. The molecular weight excluding hydrogens is 342 g/mol. The van der Waals surface area contributed by atoms with Gasteiger partial charge in [0.05, 0.1) is 6.54 Å². The van der Waals surface area contributed by atoms with Crippen LogP contribution in [0, 0.1) is 6.92 Å². The molecule has 1 amide bonds. The molecule has 0 aliphatic heterocycles. The topological polar surface area (TPSA) is 59.8 Å². The van der Waals surface area contributed by atoms with E-state index in [1.807, 2.05) is 37.3 Å². The lowest BCUT2D eigenvalue weighted by atomic mass is 10.0. The number of rotatable bonds is 7. The zero-order valence-corrected chi connectivity index (χ0v) is 15.3. The average Bonchev–Trinajstić information content (AvgIpc) is 3.11. The Morgan fingerprint density at radius 3 is 2.22 bits per heavy atom. The first-order valence-electron chi connectivity index (χ1n) is 8.65. The summed E-state index contributed by atoms with van der Waals surface area (Å²) in [4.78, 5) is 26.1. The van der Waals surface area contributed by atoms with Gasteiger partial charge in [0.1, 0.15) is 17.3 Å².